The summed E-state index contributed by atoms with van der Waals surface area (Å²) in [7, 11) is 0. The summed E-state index contributed by atoms with van der Waals surface area (Å²) in [5, 5.41) is 1.18. The Kier molecular flexibility index (Phi) is 5.74. The van der Waals surface area contributed by atoms with Crippen molar-refractivity contribution < 1.29 is 23.5 Å². The molecule has 0 atom stereocenters. The molecule has 7 nitrogen and oxygen atoms in total. The van der Waals surface area contributed by atoms with Crippen molar-refractivity contribution in [2.75, 3.05) is 37.7 Å². The van der Waals surface area contributed by atoms with Crippen LogP contribution in [0.5, 0.6) is 0 Å². The molecule has 0 bridgehead atoms. The van der Waals surface area contributed by atoms with Crippen LogP contribution in [0.3, 0.4) is 0 Å². The number of fused-ring (bicyclic) bond motifs is 1. The second-order valence-electron chi connectivity index (χ2n) is 7.60. The first-order valence-corrected chi connectivity index (χ1v) is 9.69. The van der Waals surface area contributed by atoms with Crippen molar-refractivity contribution in [2.24, 2.45) is 0 Å². The lowest BCUT2D eigenvalue weighted by Gasteiger charge is -2.37. The highest BCUT2D eigenvalue weighted by Crippen LogP contribution is 2.36. The number of halogens is 1. The van der Waals surface area contributed by atoms with E-state index in [0.29, 0.717) is 42.2 Å². The van der Waals surface area contributed by atoms with Gasteiger partial charge in [0, 0.05) is 37.6 Å². The van der Waals surface area contributed by atoms with E-state index in [-0.39, 0.29) is 18.5 Å². The zero-order valence-corrected chi connectivity index (χ0v) is 17.3. The second-order valence-corrected chi connectivity index (χ2v) is 7.97. The SMILES string of the molecule is CCOC(=O)c1cc2c(Cl)c(N3CCN(C(=O)OC(C)(C)C)CC3)ccc2o1. The normalized spacial score (nSPS) is 15.0. The molecule has 3 rings (SSSR count). The predicted octanol–water partition coefficient (Wildman–Crippen LogP) is 4.32. The summed E-state index contributed by atoms with van der Waals surface area (Å²) < 4.78 is 16.0. The van der Waals surface area contributed by atoms with Crippen LogP contribution in [0, 0.1) is 0 Å². The fourth-order valence-corrected chi connectivity index (χ4v) is 3.40. The van der Waals surface area contributed by atoms with E-state index in [1.807, 2.05) is 26.8 Å². The first-order chi connectivity index (χ1) is 13.2. The molecule has 0 N–H and O–H groups in total. The van der Waals surface area contributed by atoms with Crippen LogP contribution in [0.2, 0.25) is 5.02 Å². The van der Waals surface area contributed by atoms with Gasteiger partial charge >= 0.3 is 12.1 Å². The molecule has 0 saturated carbocycles. The van der Waals surface area contributed by atoms with Gasteiger partial charge in [0.15, 0.2) is 0 Å². The van der Waals surface area contributed by atoms with Crippen LogP contribution in [0.25, 0.3) is 11.0 Å². The summed E-state index contributed by atoms with van der Waals surface area (Å²) in [6.07, 6.45) is -0.303. The van der Waals surface area contributed by atoms with Crippen LogP contribution in [0.4, 0.5) is 10.5 Å². The number of hydrogen-bond donors (Lipinski definition) is 0. The van der Waals surface area contributed by atoms with Crippen molar-refractivity contribution >= 4 is 40.3 Å². The number of furan rings is 1. The first-order valence-electron chi connectivity index (χ1n) is 9.31. The average molecular weight is 409 g/mol. The minimum atomic E-state index is -0.513. The molecule has 1 saturated heterocycles. The average Bonchev–Trinajstić information content (AvgIpc) is 3.06. The summed E-state index contributed by atoms with van der Waals surface area (Å²) in [6.45, 7) is 9.92. The van der Waals surface area contributed by atoms with E-state index in [1.54, 1.807) is 24.0 Å². The van der Waals surface area contributed by atoms with E-state index in [2.05, 4.69) is 4.90 Å². The van der Waals surface area contributed by atoms with Crippen LogP contribution >= 0.6 is 11.6 Å². The lowest BCUT2D eigenvalue weighted by Crippen LogP contribution is -2.50. The lowest BCUT2D eigenvalue weighted by molar-refractivity contribution is 0.0240. The summed E-state index contributed by atoms with van der Waals surface area (Å²) in [5.41, 5.74) is 0.860. The maximum absolute atomic E-state index is 12.2. The molecule has 28 heavy (non-hydrogen) atoms. The highest BCUT2D eigenvalue weighted by atomic mass is 35.5. The molecule has 1 aromatic heterocycles. The molecule has 0 spiro atoms. The molecule has 1 aromatic carbocycles. The van der Waals surface area contributed by atoms with Crippen LogP contribution in [0.15, 0.2) is 22.6 Å². The molecule has 152 valence electrons. The number of carbonyl (C=O) groups excluding carboxylic acids is 2. The summed E-state index contributed by atoms with van der Waals surface area (Å²) in [4.78, 5) is 27.9. The Labute approximate surface area is 169 Å². The number of carbonyl (C=O) groups is 2. The van der Waals surface area contributed by atoms with Crippen molar-refractivity contribution in [1.82, 2.24) is 4.90 Å². The van der Waals surface area contributed by atoms with Crippen molar-refractivity contribution in [3.05, 3.63) is 29.0 Å². The minimum Gasteiger partial charge on any atom is -0.460 e. The Balaban J connectivity index is 1.73. The van der Waals surface area contributed by atoms with Crippen molar-refractivity contribution in [3.63, 3.8) is 0 Å². The van der Waals surface area contributed by atoms with Gasteiger partial charge in [-0.2, -0.15) is 0 Å². The highest BCUT2D eigenvalue weighted by Gasteiger charge is 2.27. The highest BCUT2D eigenvalue weighted by molar-refractivity contribution is 6.38. The summed E-state index contributed by atoms with van der Waals surface area (Å²) in [5.74, 6) is -0.382. The third-order valence-corrected chi connectivity index (χ3v) is 4.76. The number of benzene rings is 1. The maximum atomic E-state index is 12.2. The Hall–Kier alpha value is -2.41. The molecule has 1 aliphatic rings. The van der Waals surface area contributed by atoms with Crippen molar-refractivity contribution in [3.8, 4) is 0 Å². The van der Waals surface area contributed by atoms with Gasteiger partial charge in [0.1, 0.15) is 11.2 Å². The molecule has 0 unspecified atom stereocenters. The Morgan fingerprint density at radius 3 is 2.46 bits per heavy atom. The van der Waals surface area contributed by atoms with E-state index >= 15 is 0 Å². The molecule has 1 amide bonds. The molecule has 0 aliphatic carbocycles. The van der Waals surface area contributed by atoms with Crippen molar-refractivity contribution in [1.29, 1.82) is 0 Å². The number of nitrogens with zero attached hydrogens (tertiary/aromatic N) is 2. The lowest BCUT2D eigenvalue weighted by atomic mass is 10.2. The quantitative estimate of drug-likeness (QED) is 0.704. The number of anilines is 1. The van der Waals surface area contributed by atoms with E-state index in [1.165, 1.54) is 0 Å². The maximum Gasteiger partial charge on any atom is 0.410 e. The molecule has 2 heterocycles. The van der Waals surface area contributed by atoms with Crippen LogP contribution in [-0.2, 0) is 9.47 Å². The van der Waals surface area contributed by atoms with Gasteiger partial charge in [-0.1, -0.05) is 11.6 Å². The standard InChI is InChI=1S/C20H25ClN2O5/c1-5-26-18(24)16-12-13-15(27-16)7-6-14(17(13)21)22-8-10-23(11-9-22)19(25)28-20(2,3)4/h6-7,12H,5,8-11H2,1-4H3. The summed E-state index contributed by atoms with van der Waals surface area (Å²) in [6, 6.07) is 5.27. The number of amides is 1. The van der Waals surface area contributed by atoms with Gasteiger partial charge in [0.05, 0.1) is 17.3 Å². The van der Waals surface area contributed by atoms with Crippen LogP contribution in [-0.4, -0.2) is 55.3 Å². The smallest absolute Gasteiger partial charge is 0.410 e. The van der Waals surface area contributed by atoms with Crippen LogP contribution < -0.4 is 4.90 Å². The zero-order chi connectivity index (χ0) is 20.5. The number of piperazine rings is 1. The third-order valence-electron chi connectivity index (χ3n) is 4.36. The Morgan fingerprint density at radius 1 is 1.18 bits per heavy atom. The zero-order valence-electron chi connectivity index (χ0n) is 16.6. The number of esters is 1. The fraction of sp³-hybridized carbons (Fsp3) is 0.500. The number of rotatable bonds is 3. The first kappa shape index (κ1) is 20.3. The van der Waals surface area contributed by atoms with E-state index in [9.17, 15) is 9.59 Å². The largest absolute Gasteiger partial charge is 0.460 e. The van der Waals surface area contributed by atoms with Gasteiger partial charge < -0.3 is 23.7 Å². The monoisotopic (exact) mass is 408 g/mol. The summed E-state index contributed by atoms with van der Waals surface area (Å²) >= 11 is 6.60. The van der Waals surface area contributed by atoms with E-state index in [0.717, 1.165) is 5.69 Å². The predicted molar refractivity (Wildman–Crippen MR) is 107 cm³/mol. The van der Waals surface area contributed by atoms with Gasteiger partial charge in [0.25, 0.3) is 0 Å². The van der Waals surface area contributed by atoms with E-state index in [4.69, 9.17) is 25.5 Å². The Bertz CT molecular complexity index is 879. The van der Waals surface area contributed by atoms with Crippen molar-refractivity contribution in [2.45, 2.75) is 33.3 Å². The molecule has 1 fully saturated rings. The number of ether oxygens (including phenoxy) is 2. The van der Waals surface area contributed by atoms with Gasteiger partial charge in [-0.15, -0.1) is 0 Å². The molecular weight excluding hydrogens is 384 g/mol. The molecule has 1 aliphatic heterocycles. The van der Waals surface area contributed by atoms with Gasteiger partial charge in [0.2, 0.25) is 5.76 Å². The van der Waals surface area contributed by atoms with Gasteiger partial charge in [-0.25, -0.2) is 9.59 Å². The second kappa shape index (κ2) is 7.91. The molecule has 0 radical (unpaired) electrons. The fourth-order valence-electron chi connectivity index (χ4n) is 3.07. The van der Waals surface area contributed by atoms with E-state index < -0.39 is 11.6 Å². The molecular formula is C20H25ClN2O5. The number of hydrogen-bond acceptors (Lipinski definition) is 6. The third kappa shape index (κ3) is 4.35. The van der Waals surface area contributed by atoms with Gasteiger partial charge in [-0.3, -0.25) is 0 Å². The molecule has 2 aromatic rings. The minimum absolute atomic E-state index is 0.130. The Morgan fingerprint density at radius 2 is 1.86 bits per heavy atom. The van der Waals surface area contributed by atoms with Crippen LogP contribution in [0.1, 0.15) is 38.2 Å². The van der Waals surface area contributed by atoms with Gasteiger partial charge in [-0.05, 0) is 39.8 Å². The topological polar surface area (TPSA) is 72.2 Å². The molecule has 8 heteroatoms.